The number of nitro benzene ring substituents is 1. The van der Waals surface area contributed by atoms with Crippen LogP contribution >= 0.6 is 11.8 Å². The number of amides is 1. The molecule has 0 saturated heterocycles. The van der Waals surface area contributed by atoms with Gasteiger partial charge >= 0.3 is 0 Å². The number of anilines is 1. The zero-order chi connectivity index (χ0) is 19.1. The first-order valence-electron chi connectivity index (χ1n) is 8.01. The Hall–Kier alpha value is -2.61. The average molecular weight is 377 g/mol. The van der Waals surface area contributed by atoms with E-state index in [4.69, 9.17) is 0 Å². The van der Waals surface area contributed by atoms with Crippen molar-refractivity contribution >= 4 is 29.0 Å². The zero-order valence-corrected chi connectivity index (χ0v) is 15.4. The molecular weight excluding hydrogens is 357 g/mol. The van der Waals surface area contributed by atoms with Crippen LogP contribution in [-0.2, 0) is 0 Å². The number of nitrogens with one attached hydrogen (secondary N) is 1. The Morgan fingerprint density at radius 1 is 1.23 bits per heavy atom. The number of thioether (sulfide) groups is 1. The Balaban J connectivity index is 1.89. The number of benzene rings is 2. The first-order chi connectivity index (χ1) is 12.4. The van der Waals surface area contributed by atoms with Crippen molar-refractivity contribution in [2.24, 2.45) is 0 Å². The SMILES string of the molecule is CN(C)c1ccc([N+](=O)[O-])cc1C(=O)NCCCSc1ccc(F)cc1. The number of hydrogen-bond acceptors (Lipinski definition) is 5. The summed E-state index contributed by atoms with van der Waals surface area (Å²) in [4.78, 5) is 25.5. The van der Waals surface area contributed by atoms with Crippen LogP contribution < -0.4 is 10.2 Å². The molecule has 0 unspecified atom stereocenters. The largest absolute Gasteiger partial charge is 0.377 e. The predicted octanol–water partition coefficient (Wildman–Crippen LogP) is 3.71. The summed E-state index contributed by atoms with van der Waals surface area (Å²) in [6, 6.07) is 10.5. The molecule has 0 aliphatic rings. The maximum atomic E-state index is 12.8. The minimum Gasteiger partial charge on any atom is -0.377 e. The lowest BCUT2D eigenvalue weighted by Crippen LogP contribution is -2.27. The molecule has 0 aromatic heterocycles. The summed E-state index contributed by atoms with van der Waals surface area (Å²) in [5, 5.41) is 13.7. The van der Waals surface area contributed by atoms with E-state index in [1.165, 1.54) is 24.3 Å². The highest BCUT2D eigenvalue weighted by molar-refractivity contribution is 7.99. The van der Waals surface area contributed by atoms with Gasteiger partial charge in [-0.15, -0.1) is 11.8 Å². The molecule has 2 aromatic rings. The molecule has 0 fully saturated rings. The quantitative estimate of drug-likeness (QED) is 0.328. The van der Waals surface area contributed by atoms with Gasteiger partial charge in [0, 0.05) is 43.4 Å². The van der Waals surface area contributed by atoms with Gasteiger partial charge < -0.3 is 10.2 Å². The molecule has 2 aromatic carbocycles. The predicted molar refractivity (Wildman–Crippen MR) is 101 cm³/mol. The highest BCUT2D eigenvalue weighted by Gasteiger charge is 2.17. The van der Waals surface area contributed by atoms with Gasteiger partial charge in [-0.3, -0.25) is 14.9 Å². The van der Waals surface area contributed by atoms with Crippen molar-refractivity contribution in [1.29, 1.82) is 0 Å². The Bertz CT molecular complexity index is 782. The first-order valence-corrected chi connectivity index (χ1v) is 8.99. The van der Waals surface area contributed by atoms with Crippen molar-refractivity contribution in [2.45, 2.75) is 11.3 Å². The summed E-state index contributed by atoms with van der Waals surface area (Å²) in [7, 11) is 3.55. The van der Waals surface area contributed by atoms with Gasteiger partial charge in [0.15, 0.2) is 0 Å². The molecule has 0 atom stereocenters. The second-order valence-electron chi connectivity index (χ2n) is 5.76. The summed E-state index contributed by atoms with van der Waals surface area (Å²) < 4.78 is 12.8. The van der Waals surface area contributed by atoms with Crippen LogP contribution in [0.25, 0.3) is 0 Å². The number of non-ortho nitro benzene ring substituents is 1. The van der Waals surface area contributed by atoms with Crippen molar-refractivity contribution < 1.29 is 14.1 Å². The molecule has 8 heteroatoms. The normalized spacial score (nSPS) is 10.4. The molecule has 1 amide bonds. The third kappa shape index (κ3) is 5.45. The summed E-state index contributed by atoms with van der Waals surface area (Å²) in [6.07, 6.45) is 0.722. The summed E-state index contributed by atoms with van der Waals surface area (Å²) >= 11 is 1.58. The highest BCUT2D eigenvalue weighted by Crippen LogP contribution is 2.24. The summed E-state index contributed by atoms with van der Waals surface area (Å²) in [5.41, 5.74) is 0.775. The van der Waals surface area contributed by atoms with E-state index < -0.39 is 4.92 Å². The Morgan fingerprint density at radius 3 is 2.54 bits per heavy atom. The van der Waals surface area contributed by atoms with E-state index in [-0.39, 0.29) is 23.0 Å². The second-order valence-corrected chi connectivity index (χ2v) is 6.93. The number of nitrogens with zero attached hydrogens (tertiary/aromatic N) is 2. The van der Waals surface area contributed by atoms with Gasteiger partial charge in [-0.25, -0.2) is 4.39 Å². The fraction of sp³-hybridized carbons (Fsp3) is 0.278. The molecular formula is C18H20FN3O3S. The maximum absolute atomic E-state index is 12.8. The molecule has 0 spiro atoms. The van der Waals surface area contributed by atoms with Crippen molar-refractivity contribution in [3.8, 4) is 0 Å². The van der Waals surface area contributed by atoms with Gasteiger partial charge in [0.1, 0.15) is 5.82 Å². The maximum Gasteiger partial charge on any atom is 0.270 e. The number of halogens is 1. The minimum atomic E-state index is -0.518. The second kappa shape index (κ2) is 9.19. The van der Waals surface area contributed by atoms with Gasteiger partial charge in [0.05, 0.1) is 10.5 Å². The number of carbonyl (C=O) groups excluding carboxylic acids is 1. The topological polar surface area (TPSA) is 75.5 Å². The van der Waals surface area contributed by atoms with Gasteiger partial charge in [-0.1, -0.05) is 0 Å². The minimum absolute atomic E-state index is 0.118. The molecule has 0 aliphatic heterocycles. The van der Waals surface area contributed by atoms with Gasteiger partial charge in [-0.2, -0.15) is 0 Å². The number of rotatable bonds is 8. The van der Waals surface area contributed by atoms with Crippen LogP contribution in [0.3, 0.4) is 0 Å². The lowest BCUT2D eigenvalue weighted by molar-refractivity contribution is -0.384. The van der Waals surface area contributed by atoms with Gasteiger partial charge in [-0.05, 0) is 42.5 Å². The third-order valence-electron chi connectivity index (χ3n) is 3.61. The highest BCUT2D eigenvalue weighted by atomic mass is 32.2. The van der Waals surface area contributed by atoms with Crippen molar-refractivity contribution in [3.63, 3.8) is 0 Å². The molecule has 0 aliphatic carbocycles. The Kier molecular flexibility index (Phi) is 6.97. The van der Waals surface area contributed by atoms with Crippen LogP contribution in [0.4, 0.5) is 15.8 Å². The molecule has 138 valence electrons. The molecule has 6 nitrogen and oxygen atoms in total. The average Bonchev–Trinajstić information content (AvgIpc) is 2.62. The fourth-order valence-electron chi connectivity index (χ4n) is 2.30. The van der Waals surface area contributed by atoms with Crippen LogP contribution in [-0.4, -0.2) is 37.2 Å². The van der Waals surface area contributed by atoms with Crippen LogP contribution in [0.5, 0.6) is 0 Å². The summed E-state index contributed by atoms with van der Waals surface area (Å²) in [5.74, 6) is 0.154. The van der Waals surface area contributed by atoms with Crippen molar-refractivity contribution in [2.75, 3.05) is 31.3 Å². The molecule has 0 heterocycles. The zero-order valence-electron chi connectivity index (χ0n) is 14.6. The monoisotopic (exact) mass is 377 g/mol. The van der Waals surface area contributed by atoms with Gasteiger partial charge in [0.25, 0.3) is 11.6 Å². The number of carbonyl (C=O) groups is 1. The molecule has 0 saturated carbocycles. The van der Waals surface area contributed by atoms with E-state index in [1.54, 1.807) is 49.0 Å². The van der Waals surface area contributed by atoms with Crippen LogP contribution in [0, 0.1) is 15.9 Å². The molecule has 0 bridgehead atoms. The molecule has 26 heavy (non-hydrogen) atoms. The van der Waals surface area contributed by atoms with E-state index in [2.05, 4.69) is 5.32 Å². The Morgan fingerprint density at radius 2 is 1.92 bits per heavy atom. The van der Waals surface area contributed by atoms with E-state index in [0.29, 0.717) is 12.2 Å². The number of nitro groups is 1. The standard InChI is InChI=1S/C18H20FN3O3S/c1-21(2)17-9-6-14(22(24)25)12-16(17)18(23)20-10-3-11-26-15-7-4-13(19)5-8-15/h4-9,12H,3,10-11H2,1-2H3,(H,20,23). The molecule has 1 N–H and O–H groups in total. The third-order valence-corrected chi connectivity index (χ3v) is 4.70. The van der Waals surface area contributed by atoms with Crippen molar-refractivity contribution in [1.82, 2.24) is 5.32 Å². The van der Waals surface area contributed by atoms with E-state index in [1.807, 2.05) is 0 Å². The molecule has 0 radical (unpaired) electrons. The summed E-state index contributed by atoms with van der Waals surface area (Å²) in [6.45, 7) is 0.447. The van der Waals surface area contributed by atoms with Crippen LogP contribution in [0.1, 0.15) is 16.8 Å². The van der Waals surface area contributed by atoms with Crippen molar-refractivity contribution in [3.05, 3.63) is 64.0 Å². The van der Waals surface area contributed by atoms with Crippen LogP contribution in [0.15, 0.2) is 47.4 Å². The van der Waals surface area contributed by atoms with E-state index in [0.717, 1.165) is 17.1 Å². The van der Waals surface area contributed by atoms with E-state index >= 15 is 0 Å². The first kappa shape index (κ1) is 19.7. The Labute approximate surface area is 155 Å². The van der Waals surface area contributed by atoms with Gasteiger partial charge in [0.2, 0.25) is 0 Å². The molecule has 2 rings (SSSR count). The van der Waals surface area contributed by atoms with Crippen LogP contribution in [0.2, 0.25) is 0 Å². The van der Waals surface area contributed by atoms with E-state index in [9.17, 15) is 19.3 Å². The fourth-order valence-corrected chi connectivity index (χ4v) is 3.15. The smallest absolute Gasteiger partial charge is 0.270 e. The lowest BCUT2D eigenvalue weighted by Gasteiger charge is -2.17. The lowest BCUT2D eigenvalue weighted by atomic mass is 10.1. The number of hydrogen-bond donors (Lipinski definition) is 1.